The van der Waals surface area contributed by atoms with E-state index in [4.69, 9.17) is 4.52 Å². The van der Waals surface area contributed by atoms with E-state index in [1.54, 1.807) is 0 Å². The number of hydrogen-bond acceptors (Lipinski definition) is 4. The van der Waals surface area contributed by atoms with Crippen LogP contribution in [-0.2, 0) is 6.42 Å². The quantitative estimate of drug-likeness (QED) is 0.886. The molecule has 1 aliphatic rings. The summed E-state index contributed by atoms with van der Waals surface area (Å²) in [6.45, 7) is 2.17. The molecule has 1 unspecified atom stereocenters. The van der Waals surface area contributed by atoms with Gasteiger partial charge in [0.1, 0.15) is 0 Å². The summed E-state index contributed by atoms with van der Waals surface area (Å²) < 4.78 is 5.40. The van der Waals surface area contributed by atoms with Crippen LogP contribution in [0, 0.1) is 0 Å². The van der Waals surface area contributed by atoms with Crippen molar-refractivity contribution in [1.82, 2.24) is 15.5 Å². The maximum absolute atomic E-state index is 5.40. The van der Waals surface area contributed by atoms with E-state index in [0.29, 0.717) is 12.0 Å². The molecule has 19 heavy (non-hydrogen) atoms. The number of rotatable bonds is 5. The van der Waals surface area contributed by atoms with Crippen molar-refractivity contribution < 1.29 is 4.52 Å². The largest absolute Gasteiger partial charge is 0.339 e. The molecule has 1 aliphatic carbocycles. The van der Waals surface area contributed by atoms with E-state index in [2.05, 4.69) is 22.4 Å². The molecule has 1 aromatic rings. The Labute approximate surface area is 116 Å². The van der Waals surface area contributed by atoms with Crippen molar-refractivity contribution in [2.45, 2.75) is 76.7 Å². The van der Waals surface area contributed by atoms with E-state index in [1.165, 1.54) is 44.9 Å². The minimum Gasteiger partial charge on any atom is -0.339 e. The van der Waals surface area contributed by atoms with Crippen molar-refractivity contribution in [2.24, 2.45) is 0 Å². The third-order valence-corrected chi connectivity index (χ3v) is 4.24. The van der Waals surface area contributed by atoms with Crippen LogP contribution in [0.25, 0.3) is 0 Å². The smallest absolute Gasteiger partial charge is 0.226 e. The first-order valence-electron chi connectivity index (χ1n) is 7.79. The van der Waals surface area contributed by atoms with E-state index >= 15 is 0 Å². The molecule has 0 aromatic carbocycles. The van der Waals surface area contributed by atoms with Gasteiger partial charge in [0, 0.05) is 18.4 Å². The number of nitrogens with zero attached hydrogens (tertiary/aromatic N) is 2. The molecule has 1 heterocycles. The van der Waals surface area contributed by atoms with Gasteiger partial charge in [0.25, 0.3) is 0 Å². The Morgan fingerprint density at radius 1 is 1.21 bits per heavy atom. The number of aryl methyl sites for hydroxylation is 1. The molecule has 0 radical (unpaired) electrons. The summed E-state index contributed by atoms with van der Waals surface area (Å²) in [7, 11) is 1.98. The molecule has 0 spiro atoms. The maximum Gasteiger partial charge on any atom is 0.226 e. The molecule has 1 N–H and O–H groups in total. The molecular formula is C15H27N3O. The van der Waals surface area contributed by atoms with Crippen molar-refractivity contribution >= 4 is 0 Å². The van der Waals surface area contributed by atoms with Gasteiger partial charge in [0.15, 0.2) is 5.82 Å². The average molecular weight is 265 g/mol. The molecule has 2 rings (SSSR count). The van der Waals surface area contributed by atoms with Crippen LogP contribution in [0.5, 0.6) is 0 Å². The van der Waals surface area contributed by atoms with Crippen molar-refractivity contribution in [3.05, 3.63) is 11.7 Å². The first-order chi connectivity index (χ1) is 9.29. The van der Waals surface area contributed by atoms with Crippen LogP contribution in [-0.4, -0.2) is 23.2 Å². The molecule has 108 valence electrons. The van der Waals surface area contributed by atoms with E-state index in [-0.39, 0.29) is 0 Å². The molecule has 1 aromatic heterocycles. The summed E-state index contributed by atoms with van der Waals surface area (Å²) in [5, 5.41) is 7.44. The van der Waals surface area contributed by atoms with Crippen LogP contribution in [0.4, 0.5) is 0 Å². The van der Waals surface area contributed by atoms with Gasteiger partial charge >= 0.3 is 0 Å². The number of nitrogens with one attached hydrogen (secondary N) is 1. The Balaban J connectivity index is 1.87. The zero-order valence-electron chi connectivity index (χ0n) is 12.3. The fourth-order valence-corrected chi connectivity index (χ4v) is 2.73. The summed E-state index contributed by atoms with van der Waals surface area (Å²) in [5.41, 5.74) is 0. The first kappa shape index (κ1) is 14.5. The van der Waals surface area contributed by atoms with Gasteiger partial charge in [0.2, 0.25) is 5.89 Å². The monoisotopic (exact) mass is 265 g/mol. The fraction of sp³-hybridized carbons (Fsp3) is 0.867. The minimum atomic E-state index is 0.497. The molecule has 1 saturated carbocycles. The Hall–Kier alpha value is -0.900. The standard InChI is InChI=1S/C15H27N3O/c1-12(16-2)10-11-14-17-15(18-19-14)13-8-6-4-3-5-7-9-13/h12-13,16H,3-11H2,1-2H3. The predicted octanol–water partition coefficient (Wildman–Crippen LogP) is 3.44. The highest BCUT2D eigenvalue weighted by Crippen LogP contribution is 2.29. The molecule has 4 heteroatoms. The van der Waals surface area contributed by atoms with Gasteiger partial charge in [-0.25, -0.2) is 0 Å². The van der Waals surface area contributed by atoms with Gasteiger partial charge in [0.05, 0.1) is 0 Å². The van der Waals surface area contributed by atoms with Crippen molar-refractivity contribution in [1.29, 1.82) is 0 Å². The summed E-state index contributed by atoms with van der Waals surface area (Å²) in [6.07, 6.45) is 11.1. The lowest BCUT2D eigenvalue weighted by atomic mass is 9.91. The molecule has 4 nitrogen and oxygen atoms in total. The van der Waals surface area contributed by atoms with Crippen LogP contribution in [0.15, 0.2) is 4.52 Å². The second kappa shape index (κ2) is 7.63. The molecule has 0 saturated heterocycles. The number of aromatic nitrogens is 2. The maximum atomic E-state index is 5.40. The fourth-order valence-electron chi connectivity index (χ4n) is 2.73. The van der Waals surface area contributed by atoms with E-state index in [1.807, 2.05) is 7.05 Å². The van der Waals surface area contributed by atoms with Gasteiger partial charge in [-0.1, -0.05) is 37.3 Å². The Bertz CT molecular complexity index is 356. The van der Waals surface area contributed by atoms with Crippen LogP contribution >= 0.6 is 0 Å². The molecule has 0 aliphatic heterocycles. The highest BCUT2D eigenvalue weighted by Gasteiger charge is 2.19. The minimum absolute atomic E-state index is 0.497. The highest BCUT2D eigenvalue weighted by molar-refractivity contribution is 4.96. The van der Waals surface area contributed by atoms with E-state index < -0.39 is 0 Å². The van der Waals surface area contributed by atoms with Crippen LogP contribution in [0.1, 0.15) is 75.9 Å². The lowest BCUT2D eigenvalue weighted by molar-refractivity contribution is 0.355. The molecular weight excluding hydrogens is 238 g/mol. The summed E-state index contributed by atoms with van der Waals surface area (Å²) in [5.74, 6) is 2.28. The first-order valence-corrected chi connectivity index (χ1v) is 7.79. The second-order valence-corrected chi connectivity index (χ2v) is 5.82. The lowest BCUT2D eigenvalue weighted by Gasteiger charge is -2.15. The molecule has 0 amide bonds. The summed E-state index contributed by atoms with van der Waals surface area (Å²) >= 11 is 0. The van der Waals surface area contributed by atoms with Crippen LogP contribution in [0.2, 0.25) is 0 Å². The highest BCUT2D eigenvalue weighted by atomic mass is 16.5. The Kier molecular flexibility index (Phi) is 5.83. The van der Waals surface area contributed by atoms with Crippen molar-refractivity contribution in [3.8, 4) is 0 Å². The summed E-state index contributed by atoms with van der Waals surface area (Å²) in [4.78, 5) is 4.61. The second-order valence-electron chi connectivity index (χ2n) is 5.82. The third kappa shape index (κ3) is 4.60. The van der Waals surface area contributed by atoms with Crippen LogP contribution in [0.3, 0.4) is 0 Å². The normalized spacial score (nSPS) is 19.9. The Morgan fingerprint density at radius 2 is 1.89 bits per heavy atom. The van der Waals surface area contributed by atoms with Gasteiger partial charge in [-0.3, -0.25) is 0 Å². The SMILES string of the molecule is CNC(C)CCc1nc(C2CCCCCCC2)no1. The molecule has 1 fully saturated rings. The van der Waals surface area contributed by atoms with Crippen molar-refractivity contribution in [3.63, 3.8) is 0 Å². The van der Waals surface area contributed by atoms with Crippen LogP contribution < -0.4 is 5.32 Å². The topological polar surface area (TPSA) is 51.0 Å². The lowest BCUT2D eigenvalue weighted by Crippen LogP contribution is -2.21. The van der Waals surface area contributed by atoms with E-state index in [9.17, 15) is 0 Å². The van der Waals surface area contributed by atoms with Gasteiger partial charge in [-0.05, 0) is 33.2 Å². The van der Waals surface area contributed by atoms with Gasteiger partial charge in [-0.2, -0.15) is 4.98 Å². The number of hydrogen-bond donors (Lipinski definition) is 1. The van der Waals surface area contributed by atoms with E-state index in [0.717, 1.165) is 24.6 Å². The van der Waals surface area contributed by atoms with Gasteiger partial charge < -0.3 is 9.84 Å². The average Bonchev–Trinajstić information content (AvgIpc) is 2.84. The molecule has 1 atom stereocenters. The van der Waals surface area contributed by atoms with Gasteiger partial charge in [-0.15, -0.1) is 0 Å². The Morgan fingerprint density at radius 3 is 2.58 bits per heavy atom. The third-order valence-electron chi connectivity index (χ3n) is 4.24. The zero-order valence-corrected chi connectivity index (χ0v) is 12.3. The molecule has 0 bridgehead atoms. The van der Waals surface area contributed by atoms with Crippen molar-refractivity contribution in [2.75, 3.05) is 7.05 Å². The summed E-state index contributed by atoms with van der Waals surface area (Å²) in [6, 6.07) is 0.497. The zero-order chi connectivity index (χ0) is 13.5. The predicted molar refractivity (Wildman–Crippen MR) is 76.2 cm³/mol.